The summed E-state index contributed by atoms with van der Waals surface area (Å²) in [5, 5.41) is 9.14. The maximum Gasteiger partial charge on any atom is 0.410 e. The van der Waals surface area contributed by atoms with Crippen molar-refractivity contribution in [2.75, 3.05) is 32.7 Å². The molecule has 0 spiro atoms. The van der Waals surface area contributed by atoms with E-state index < -0.39 is 42.2 Å². The highest BCUT2D eigenvalue weighted by molar-refractivity contribution is 5.85. The lowest BCUT2D eigenvalue weighted by Gasteiger charge is -2.32. The standard InChI is InChI=1S/C25H28F3N3O5/c26-20-7-5-19(6-8-20)22(23(29)34)18-3-1-17(2-4-18)16-36-24(35)31(15-21(32)33)14-13-30-11-9-25(27,28)10-12-30/h1-8,22H,9-16H2,(H2,29,34)(H,32,33). The summed E-state index contributed by atoms with van der Waals surface area (Å²) in [6, 6.07) is 12.0. The quantitative estimate of drug-likeness (QED) is 0.511. The number of alkyl halides is 2. The number of hydrogen-bond acceptors (Lipinski definition) is 5. The highest BCUT2D eigenvalue weighted by Gasteiger charge is 2.34. The zero-order chi connectivity index (χ0) is 26.3. The van der Waals surface area contributed by atoms with E-state index in [1.807, 2.05) is 0 Å². The average molecular weight is 508 g/mol. The summed E-state index contributed by atoms with van der Waals surface area (Å²) in [6.45, 7) is -0.125. The molecule has 1 heterocycles. The second kappa shape index (κ2) is 11.9. The Kier molecular flexibility index (Phi) is 8.92. The van der Waals surface area contributed by atoms with Gasteiger partial charge in [-0.1, -0.05) is 36.4 Å². The Morgan fingerprint density at radius 3 is 2.11 bits per heavy atom. The van der Waals surface area contributed by atoms with E-state index in [9.17, 15) is 27.6 Å². The van der Waals surface area contributed by atoms with Crippen molar-refractivity contribution in [3.63, 3.8) is 0 Å². The zero-order valence-electron chi connectivity index (χ0n) is 19.5. The molecule has 0 radical (unpaired) electrons. The maximum absolute atomic E-state index is 13.3. The van der Waals surface area contributed by atoms with E-state index in [4.69, 9.17) is 15.6 Å². The molecule has 2 aromatic rings. The van der Waals surface area contributed by atoms with Crippen molar-refractivity contribution in [1.82, 2.24) is 9.80 Å². The highest BCUT2D eigenvalue weighted by Crippen LogP contribution is 2.27. The first-order chi connectivity index (χ1) is 17.0. The van der Waals surface area contributed by atoms with Gasteiger partial charge in [0.25, 0.3) is 5.92 Å². The van der Waals surface area contributed by atoms with E-state index >= 15 is 0 Å². The smallest absolute Gasteiger partial charge is 0.410 e. The van der Waals surface area contributed by atoms with Gasteiger partial charge in [0.05, 0.1) is 5.92 Å². The van der Waals surface area contributed by atoms with Crippen LogP contribution in [-0.2, 0) is 20.9 Å². The summed E-state index contributed by atoms with van der Waals surface area (Å²) in [4.78, 5) is 38.5. The van der Waals surface area contributed by atoms with Crippen molar-refractivity contribution in [1.29, 1.82) is 0 Å². The van der Waals surface area contributed by atoms with Crippen molar-refractivity contribution in [3.05, 3.63) is 71.0 Å². The summed E-state index contributed by atoms with van der Waals surface area (Å²) in [5.41, 5.74) is 7.24. The molecule has 36 heavy (non-hydrogen) atoms. The number of nitrogens with zero attached hydrogens (tertiary/aromatic N) is 2. The van der Waals surface area contributed by atoms with Gasteiger partial charge in [0.15, 0.2) is 0 Å². The predicted molar refractivity (Wildman–Crippen MR) is 124 cm³/mol. The van der Waals surface area contributed by atoms with Gasteiger partial charge in [0.1, 0.15) is 19.0 Å². The molecule has 1 aliphatic rings. The maximum atomic E-state index is 13.3. The summed E-state index contributed by atoms with van der Waals surface area (Å²) >= 11 is 0. The van der Waals surface area contributed by atoms with Crippen molar-refractivity contribution in [2.45, 2.75) is 31.3 Å². The first-order valence-corrected chi connectivity index (χ1v) is 11.4. The van der Waals surface area contributed by atoms with Crippen LogP contribution in [0.25, 0.3) is 0 Å². The summed E-state index contributed by atoms with van der Waals surface area (Å²) in [5.74, 6) is -5.75. The van der Waals surface area contributed by atoms with Gasteiger partial charge in [-0.15, -0.1) is 0 Å². The molecule has 8 nitrogen and oxygen atoms in total. The van der Waals surface area contributed by atoms with Crippen LogP contribution in [0.5, 0.6) is 0 Å². The van der Waals surface area contributed by atoms with Crippen molar-refractivity contribution in [2.24, 2.45) is 5.73 Å². The molecule has 0 aliphatic carbocycles. The molecule has 3 rings (SSSR count). The number of likely N-dealkylation sites (tertiary alicyclic amines) is 1. The van der Waals surface area contributed by atoms with E-state index in [0.29, 0.717) is 16.7 Å². The van der Waals surface area contributed by atoms with Crippen molar-refractivity contribution in [3.8, 4) is 0 Å². The Morgan fingerprint density at radius 1 is 1.03 bits per heavy atom. The van der Waals surface area contributed by atoms with Crippen LogP contribution >= 0.6 is 0 Å². The number of halogens is 3. The number of carbonyl (C=O) groups is 3. The number of primary amides is 1. The normalized spacial score (nSPS) is 16.2. The minimum atomic E-state index is -2.69. The summed E-state index contributed by atoms with van der Waals surface area (Å²) in [7, 11) is 0. The molecule has 1 atom stereocenters. The molecule has 1 saturated heterocycles. The van der Waals surface area contributed by atoms with Crippen LogP contribution < -0.4 is 5.73 Å². The van der Waals surface area contributed by atoms with Crippen molar-refractivity contribution >= 4 is 18.0 Å². The topological polar surface area (TPSA) is 113 Å². The number of ether oxygens (including phenoxy) is 1. The Labute approximate surface area is 206 Å². The highest BCUT2D eigenvalue weighted by atomic mass is 19.3. The Balaban J connectivity index is 1.57. The van der Waals surface area contributed by atoms with Crippen molar-refractivity contribution < 1.29 is 37.4 Å². The van der Waals surface area contributed by atoms with E-state index in [0.717, 1.165) is 4.90 Å². The monoisotopic (exact) mass is 507 g/mol. The van der Waals surface area contributed by atoms with Gasteiger partial charge in [-0.2, -0.15) is 0 Å². The minimum Gasteiger partial charge on any atom is -0.480 e. The fourth-order valence-corrected chi connectivity index (χ4v) is 3.98. The predicted octanol–water partition coefficient (Wildman–Crippen LogP) is 3.20. The van der Waals surface area contributed by atoms with E-state index in [1.54, 1.807) is 29.2 Å². The van der Waals surface area contributed by atoms with Gasteiger partial charge in [-0.05, 0) is 28.8 Å². The average Bonchev–Trinajstić information content (AvgIpc) is 2.82. The number of piperidine rings is 1. The number of hydrogen-bond donors (Lipinski definition) is 2. The molecule has 2 amide bonds. The number of benzene rings is 2. The number of aliphatic carboxylic acids is 1. The van der Waals surface area contributed by atoms with Crippen LogP contribution in [0, 0.1) is 5.82 Å². The van der Waals surface area contributed by atoms with Gasteiger partial charge in [-0.3, -0.25) is 14.5 Å². The second-order valence-corrected chi connectivity index (χ2v) is 8.70. The van der Waals surface area contributed by atoms with Crippen LogP contribution in [-0.4, -0.2) is 71.5 Å². The number of carboxylic acid groups (broad SMARTS) is 1. The third kappa shape index (κ3) is 7.70. The summed E-state index contributed by atoms with van der Waals surface area (Å²) < 4.78 is 45.1. The van der Waals surface area contributed by atoms with Gasteiger partial charge in [-0.25, -0.2) is 18.0 Å². The zero-order valence-corrected chi connectivity index (χ0v) is 19.5. The van der Waals surface area contributed by atoms with Crippen LogP contribution in [0.2, 0.25) is 0 Å². The fourth-order valence-electron chi connectivity index (χ4n) is 3.98. The third-order valence-electron chi connectivity index (χ3n) is 6.02. The van der Waals surface area contributed by atoms with Crippen LogP contribution in [0.3, 0.4) is 0 Å². The molecule has 194 valence electrons. The molecule has 11 heteroatoms. The lowest BCUT2D eigenvalue weighted by molar-refractivity contribution is -0.138. The van der Waals surface area contributed by atoms with E-state index in [1.165, 1.54) is 24.3 Å². The SMILES string of the molecule is NC(=O)C(c1ccc(F)cc1)c1ccc(COC(=O)N(CCN2CCC(F)(F)CC2)CC(=O)O)cc1. The Hall–Kier alpha value is -3.60. The minimum absolute atomic E-state index is 0.0214. The molecule has 2 aromatic carbocycles. The molecule has 1 unspecified atom stereocenters. The molecule has 0 saturated carbocycles. The Morgan fingerprint density at radius 2 is 1.58 bits per heavy atom. The molecular formula is C25H28F3N3O5. The number of carbonyl (C=O) groups excluding carboxylic acids is 2. The third-order valence-corrected chi connectivity index (χ3v) is 6.02. The molecule has 0 aromatic heterocycles. The summed E-state index contributed by atoms with van der Waals surface area (Å²) in [6.07, 6.45) is -1.39. The van der Waals surface area contributed by atoms with Gasteiger partial charge >= 0.3 is 12.1 Å². The number of carboxylic acids is 1. The first kappa shape index (κ1) is 27.0. The molecule has 3 N–H and O–H groups in total. The van der Waals surface area contributed by atoms with E-state index in [2.05, 4.69) is 0 Å². The van der Waals surface area contributed by atoms with Crippen LogP contribution in [0.4, 0.5) is 18.0 Å². The number of rotatable bonds is 10. The van der Waals surface area contributed by atoms with Crippen LogP contribution in [0.15, 0.2) is 48.5 Å². The first-order valence-electron chi connectivity index (χ1n) is 11.4. The molecule has 0 bridgehead atoms. The lowest BCUT2D eigenvalue weighted by atomic mass is 9.90. The molecule has 1 aliphatic heterocycles. The second-order valence-electron chi connectivity index (χ2n) is 8.70. The van der Waals surface area contributed by atoms with Crippen LogP contribution in [0.1, 0.15) is 35.4 Å². The fraction of sp³-hybridized carbons (Fsp3) is 0.400. The lowest BCUT2D eigenvalue weighted by Crippen LogP contribution is -2.45. The Bertz CT molecular complexity index is 1050. The number of nitrogens with two attached hydrogens (primary N) is 1. The van der Waals surface area contributed by atoms with Gasteiger partial charge < -0.3 is 20.5 Å². The van der Waals surface area contributed by atoms with Gasteiger partial charge in [0, 0.05) is 39.0 Å². The molecule has 1 fully saturated rings. The van der Waals surface area contributed by atoms with Gasteiger partial charge in [0.2, 0.25) is 5.91 Å². The van der Waals surface area contributed by atoms with E-state index in [-0.39, 0.29) is 45.6 Å². The molecular weight excluding hydrogens is 479 g/mol. The number of amides is 2. The largest absolute Gasteiger partial charge is 0.480 e.